The monoisotopic (exact) mass is 330 g/mol. The topological polar surface area (TPSA) is 61.6 Å². The molecule has 1 aliphatic rings. The highest BCUT2D eigenvalue weighted by atomic mass is 19.3. The predicted molar refractivity (Wildman–Crippen MR) is 81.1 cm³/mol. The normalized spacial score (nSPS) is 18.0. The van der Waals surface area contributed by atoms with Gasteiger partial charge >= 0.3 is 0 Å². The van der Waals surface area contributed by atoms with Crippen LogP contribution in [0.5, 0.6) is 0 Å². The molecule has 1 unspecified atom stereocenters. The van der Waals surface area contributed by atoms with Crippen molar-refractivity contribution in [2.75, 3.05) is 27.2 Å². The highest BCUT2D eigenvalue weighted by Gasteiger charge is 2.27. The fraction of sp³-hybridized carbons (Fsp3) is 0.733. The van der Waals surface area contributed by atoms with Crippen molar-refractivity contribution in [3.8, 4) is 0 Å². The number of alkyl halides is 2. The second-order valence-corrected chi connectivity index (χ2v) is 6.12. The van der Waals surface area contributed by atoms with Crippen LogP contribution in [0.2, 0.25) is 0 Å². The molecule has 0 spiro atoms. The highest BCUT2D eigenvalue weighted by Crippen LogP contribution is 2.20. The second-order valence-electron chi connectivity index (χ2n) is 6.12. The van der Waals surface area contributed by atoms with E-state index in [1.165, 1.54) is 17.0 Å². The molecule has 0 radical (unpaired) electrons. The number of carbonyl (C=O) groups is 1. The van der Waals surface area contributed by atoms with Crippen molar-refractivity contribution in [3.05, 3.63) is 18.2 Å². The van der Waals surface area contributed by atoms with Crippen LogP contribution in [0.1, 0.15) is 31.2 Å². The Kier molecular flexibility index (Phi) is 6.06. The van der Waals surface area contributed by atoms with Crippen LogP contribution in [-0.2, 0) is 11.3 Å². The van der Waals surface area contributed by atoms with Crippen LogP contribution in [0, 0.1) is 0 Å². The van der Waals surface area contributed by atoms with E-state index in [2.05, 4.69) is 9.88 Å². The van der Waals surface area contributed by atoms with Crippen molar-refractivity contribution >= 4 is 5.91 Å². The largest absolute Gasteiger partial charge is 0.385 e. The Morgan fingerprint density at radius 3 is 2.65 bits per heavy atom. The third-order valence-electron chi connectivity index (χ3n) is 4.30. The number of imidazole rings is 1. The van der Waals surface area contributed by atoms with Crippen LogP contribution in [0.25, 0.3) is 0 Å². The average Bonchev–Trinajstić information content (AvgIpc) is 2.94. The zero-order valence-corrected chi connectivity index (χ0v) is 13.5. The molecule has 0 saturated carbocycles. The number of amides is 1. The van der Waals surface area contributed by atoms with Crippen molar-refractivity contribution in [2.24, 2.45) is 0 Å². The molecule has 6 nitrogen and oxygen atoms in total. The van der Waals surface area contributed by atoms with Gasteiger partial charge in [-0.2, -0.15) is 0 Å². The van der Waals surface area contributed by atoms with E-state index in [9.17, 15) is 18.7 Å². The lowest BCUT2D eigenvalue weighted by Gasteiger charge is -2.35. The SMILES string of the molecule is CN(C)C1CCN(C(=O)CC(O)c2nccn2CC(F)F)CC1. The van der Waals surface area contributed by atoms with Crippen LogP contribution in [0.4, 0.5) is 8.78 Å². The Morgan fingerprint density at radius 1 is 1.43 bits per heavy atom. The molecule has 1 amide bonds. The smallest absolute Gasteiger partial charge is 0.256 e. The summed E-state index contributed by atoms with van der Waals surface area (Å²) in [5, 5.41) is 10.2. The maximum Gasteiger partial charge on any atom is 0.256 e. The van der Waals surface area contributed by atoms with Gasteiger partial charge in [-0.15, -0.1) is 0 Å². The van der Waals surface area contributed by atoms with Gasteiger partial charge in [-0.1, -0.05) is 0 Å². The van der Waals surface area contributed by atoms with E-state index in [0.717, 1.165) is 12.8 Å². The van der Waals surface area contributed by atoms with Gasteiger partial charge in [0.25, 0.3) is 6.43 Å². The number of aliphatic hydroxyl groups is 1. The predicted octanol–water partition coefficient (Wildman–Crippen LogP) is 1.12. The van der Waals surface area contributed by atoms with Crippen LogP contribution in [0.15, 0.2) is 12.4 Å². The summed E-state index contributed by atoms with van der Waals surface area (Å²) in [4.78, 5) is 20.1. The van der Waals surface area contributed by atoms with Crippen molar-refractivity contribution in [2.45, 2.75) is 44.4 Å². The zero-order chi connectivity index (χ0) is 17.0. The number of rotatable bonds is 6. The summed E-state index contributed by atoms with van der Waals surface area (Å²) in [6.07, 6.45) is 0.709. The van der Waals surface area contributed by atoms with Crippen molar-refractivity contribution < 1.29 is 18.7 Å². The highest BCUT2D eigenvalue weighted by molar-refractivity contribution is 5.76. The van der Waals surface area contributed by atoms with E-state index in [1.807, 2.05) is 14.1 Å². The molecule has 1 saturated heterocycles. The second kappa shape index (κ2) is 7.83. The van der Waals surface area contributed by atoms with Crippen LogP contribution in [-0.4, -0.2) is 70.0 Å². The number of hydrogen-bond acceptors (Lipinski definition) is 4. The summed E-state index contributed by atoms with van der Waals surface area (Å²) < 4.78 is 26.2. The van der Waals surface area contributed by atoms with Gasteiger partial charge in [0, 0.05) is 31.5 Å². The summed E-state index contributed by atoms with van der Waals surface area (Å²) in [5.41, 5.74) is 0. The minimum absolute atomic E-state index is 0.113. The minimum Gasteiger partial charge on any atom is -0.385 e. The van der Waals surface area contributed by atoms with E-state index in [4.69, 9.17) is 0 Å². The molecule has 1 aliphatic heterocycles. The average molecular weight is 330 g/mol. The third-order valence-corrected chi connectivity index (χ3v) is 4.30. The fourth-order valence-electron chi connectivity index (χ4n) is 2.94. The number of carbonyl (C=O) groups excluding carboxylic acids is 1. The summed E-state index contributed by atoms with van der Waals surface area (Å²) >= 11 is 0. The molecule has 8 heteroatoms. The van der Waals surface area contributed by atoms with Crippen molar-refractivity contribution in [3.63, 3.8) is 0 Å². The minimum atomic E-state index is -2.53. The summed E-state index contributed by atoms with van der Waals surface area (Å²) in [5.74, 6) is -0.0527. The van der Waals surface area contributed by atoms with Crippen LogP contribution < -0.4 is 0 Å². The number of likely N-dealkylation sites (tertiary alicyclic amines) is 1. The third kappa shape index (κ3) is 4.71. The van der Waals surface area contributed by atoms with Crippen LogP contribution in [0.3, 0.4) is 0 Å². The molecule has 1 atom stereocenters. The number of hydrogen-bond donors (Lipinski definition) is 1. The molecule has 2 rings (SSSR count). The molecule has 1 aromatic rings. The summed E-state index contributed by atoms with van der Waals surface area (Å²) in [6.45, 7) is 0.772. The van der Waals surface area contributed by atoms with Crippen LogP contribution >= 0.6 is 0 Å². The van der Waals surface area contributed by atoms with Gasteiger partial charge < -0.3 is 19.5 Å². The molecule has 0 bridgehead atoms. The lowest BCUT2D eigenvalue weighted by Crippen LogP contribution is -2.44. The Balaban J connectivity index is 1.89. The zero-order valence-electron chi connectivity index (χ0n) is 13.5. The molecule has 1 aromatic heterocycles. The number of aliphatic hydroxyl groups excluding tert-OH is 1. The first-order valence-corrected chi connectivity index (χ1v) is 7.80. The standard InChI is InChI=1S/C15H24F2N4O2/c1-19(2)11-3-6-20(7-4-11)14(23)9-12(22)15-18-5-8-21(15)10-13(16)17/h5,8,11-13,22H,3-4,6-7,9-10H2,1-2H3. The molecule has 2 heterocycles. The van der Waals surface area contributed by atoms with Gasteiger partial charge in [-0.25, -0.2) is 13.8 Å². The Bertz CT molecular complexity index is 513. The lowest BCUT2D eigenvalue weighted by atomic mass is 10.0. The Hall–Kier alpha value is -1.54. The number of piperidine rings is 1. The van der Waals surface area contributed by atoms with Crippen molar-refractivity contribution in [1.29, 1.82) is 0 Å². The number of halogens is 2. The molecule has 23 heavy (non-hydrogen) atoms. The van der Waals surface area contributed by atoms with Crippen molar-refractivity contribution in [1.82, 2.24) is 19.4 Å². The molecule has 1 N–H and O–H groups in total. The Morgan fingerprint density at radius 2 is 2.09 bits per heavy atom. The van der Waals surface area contributed by atoms with E-state index in [-0.39, 0.29) is 18.2 Å². The molecule has 0 aliphatic carbocycles. The molecule has 0 aromatic carbocycles. The van der Waals surface area contributed by atoms with Gasteiger partial charge in [0.2, 0.25) is 5.91 Å². The molecular weight excluding hydrogens is 306 g/mol. The van der Waals surface area contributed by atoms with Gasteiger partial charge in [0.15, 0.2) is 0 Å². The number of aromatic nitrogens is 2. The Labute approximate surface area is 134 Å². The number of nitrogens with zero attached hydrogens (tertiary/aromatic N) is 4. The van der Waals surface area contributed by atoms with E-state index >= 15 is 0 Å². The summed E-state index contributed by atoms with van der Waals surface area (Å²) in [6, 6.07) is 0.467. The molecular formula is C15H24F2N4O2. The lowest BCUT2D eigenvalue weighted by molar-refractivity contribution is -0.135. The van der Waals surface area contributed by atoms with E-state index < -0.39 is 19.1 Å². The van der Waals surface area contributed by atoms with E-state index in [0.29, 0.717) is 19.1 Å². The van der Waals surface area contributed by atoms with Gasteiger partial charge in [0.1, 0.15) is 11.9 Å². The first-order chi connectivity index (χ1) is 10.9. The van der Waals surface area contributed by atoms with E-state index in [1.54, 1.807) is 4.90 Å². The summed E-state index contributed by atoms with van der Waals surface area (Å²) in [7, 11) is 4.05. The quantitative estimate of drug-likeness (QED) is 0.849. The van der Waals surface area contributed by atoms with Gasteiger partial charge in [0.05, 0.1) is 13.0 Å². The van der Waals surface area contributed by atoms with Gasteiger partial charge in [-0.05, 0) is 26.9 Å². The fourth-order valence-corrected chi connectivity index (χ4v) is 2.94. The molecule has 130 valence electrons. The first-order valence-electron chi connectivity index (χ1n) is 7.80. The molecule has 1 fully saturated rings. The first kappa shape index (κ1) is 17.8. The maximum atomic E-state index is 12.5. The maximum absolute atomic E-state index is 12.5. The van der Waals surface area contributed by atoms with Gasteiger partial charge in [-0.3, -0.25) is 4.79 Å².